The smallest absolute Gasteiger partial charge is 0.0669 e. The molecule has 134 valence electrons. The second kappa shape index (κ2) is 6.44. The number of hydrogen-bond acceptors (Lipinski definition) is 1. The van der Waals surface area contributed by atoms with Crippen LogP contribution in [-0.4, -0.2) is 0 Å². The van der Waals surface area contributed by atoms with Gasteiger partial charge in [-0.25, -0.2) is 0 Å². The summed E-state index contributed by atoms with van der Waals surface area (Å²) in [7, 11) is 0. The molecule has 1 nitrogen and oxygen atoms in total. The van der Waals surface area contributed by atoms with Crippen molar-refractivity contribution < 1.29 is 0 Å². The normalized spacial score (nSPS) is 17.2. The van der Waals surface area contributed by atoms with Crippen molar-refractivity contribution >= 4 is 5.57 Å². The van der Waals surface area contributed by atoms with Crippen LogP contribution in [0.15, 0.2) is 43.0 Å². The Morgan fingerprint density at radius 2 is 1.65 bits per heavy atom. The summed E-state index contributed by atoms with van der Waals surface area (Å²) in [4.78, 5) is 0. The van der Waals surface area contributed by atoms with Crippen molar-refractivity contribution in [3.63, 3.8) is 0 Å². The second-order valence-corrected chi connectivity index (χ2v) is 8.99. The highest BCUT2D eigenvalue weighted by atomic mass is 14.4. The summed E-state index contributed by atoms with van der Waals surface area (Å²) < 4.78 is 0. The van der Waals surface area contributed by atoms with Crippen LogP contribution in [0.5, 0.6) is 0 Å². The summed E-state index contributed by atoms with van der Waals surface area (Å²) in [5.41, 5.74) is 9.07. The van der Waals surface area contributed by atoms with Gasteiger partial charge in [-0.1, -0.05) is 70.7 Å². The quantitative estimate of drug-likeness (QED) is 0.626. The molecule has 0 fully saturated rings. The Balaban J connectivity index is 2.11. The average molecular weight is 344 g/mol. The van der Waals surface area contributed by atoms with Gasteiger partial charge in [0, 0.05) is 0 Å². The zero-order valence-corrected chi connectivity index (χ0v) is 16.7. The predicted octanol–water partition coefficient (Wildman–Crippen LogP) is 6.47. The lowest BCUT2D eigenvalue weighted by molar-refractivity contribution is 0.331. The maximum absolute atomic E-state index is 8.98. The van der Waals surface area contributed by atoms with Gasteiger partial charge in [-0.3, -0.25) is 0 Å². The molecule has 0 aromatic heterocycles. The molecular formula is C25H29N. The molecule has 0 radical (unpaired) electrons. The Morgan fingerprint density at radius 3 is 2.27 bits per heavy atom. The number of benzene rings is 2. The molecule has 1 aliphatic rings. The summed E-state index contributed by atoms with van der Waals surface area (Å²) in [6.07, 6.45) is 2.87. The number of fused-ring (bicyclic) bond motifs is 1. The SMILES string of the molecule is C=C(c1cccc(CC#N)c1)c1cc2c(cc1C)C(C)(C)CCC2(C)C. The molecule has 0 N–H and O–H groups in total. The lowest BCUT2D eigenvalue weighted by Gasteiger charge is -2.42. The van der Waals surface area contributed by atoms with Gasteiger partial charge >= 0.3 is 0 Å². The minimum Gasteiger partial charge on any atom is -0.198 e. The van der Waals surface area contributed by atoms with E-state index >= 15 is 0 Å². The van der Waals surface area contributed by atoms with Crippen LogP contribution in [0, 0.1) is 18.3 Å². The molecule has 2 aromatic rings. The van der Waals surface area contributed by atoms with Crippen LogP contribution >= 0.6 is 0 Å². The molecule has 0 saturated heterocycles. The lowest BCUT2D eigenvalue weighted by Crippen LogP contribution is -2.34. The highest BCUT2D eigenvalue weighted by Gasteiger charge is 2.37. The van der Waals surface area contributed by atoms with Crippen molar-refractivity contribution in [3.05, 3.63) is 76.4 Å². The summed E-state index contributed by atoms with van der Waals surface area (Å²) in [5.74, 6) is 0. The number of rotatable bonds is 3. The molecule has 3 rings (SSSR count). The largest absolute Gasteiger partial charge is 0.198 e. The highest BCUT2D eigenvalue weighted by molar-refractivity contribution is 5.81. The van der Waals surface area contributed by atoms with Gasteiger partial charge in [-0.05, 0) is 69.5 Å². The molecule has 0 atom stereocenters. The van der Waals surface area contributed by atoms with Gasteiger partial charge in [-0.15, -0.1) is 0 Å². The van der Waals surface area contributed by atoms with E-state index in [-0.39, 0.29) is 10.8 Å². The third kappa shape index (κ3) is 3.21. The van der Waals surface area contributed by atoms with Crippen LogP contribution in [0.1, 0.15) is 73.9 Å². The fraction of sp³-hybridized carbons (Fsp3) is 0.400. The minimum absolute atomic E-state index is 0.191. The van der Waals surface area contributed by atoms with Gasteiger partial charge < -0.3 is 0 Å². The second-order valence-electron chi connectivity index (χ2n) is 8.99. The monoisotopic (exact) mass is 343 g/mol. The number of nitriles is 1. The fourth-order valence-corrected chi connectivity index (χ4v) is 4.16. The Hall–Kier alpha value is -2.33. The van der Waals surface area contributed by atoms with Gasteiger partial charge in [-0.2, -0.15) is 5.26 Å². The lowest BCUT2D eigenvalue weighted by atomic mass is 9.62. The first-order valence-electron chi connectivity index (χ1n) is 9.47. The van der Waals surface area contributed by atoms with Crippen LogP contribution in [0.25, 0.3) is 5.57 Å². The summed E-state index contributed by atoms with van der Waals surface area (Å²) in [6.45, 7) is 16.0. The van der Waals surface area contributed by atoms with E-state index < -0.39 is 0 Å². The predicted molar refractivity (Wildman–Crippen MR) is 110 cm³/mol. The summed E-state index contributed by atoms with van der Waals surface area (Å²) in [6, 6.07) is 15.2. The van der Waals surface area contributed by atoms with Crippen molar-refractivity contribution in [1.82, 2.24) is 0 Å². The molecule has 0 unspecified atom stereocenters. The van der Waals surface area contributed by atoms with Crippen molar-refractivity contribution in [1.29, 1.82) is 5.26 Å². The van der Waals surface area contributed by atoms with Crippen molar-refractivity contribution in [2.75, 3.05) is 0 Å². The van der Waals surface area contributed by atoms with Crippen LogP contribution in [0.4, 0.5) is 0 Å². The Bertz CT molecular complexity index is 906. The molecule has 26 heavy (non-hydrogen) atoms. The number of nitrogens with zero attached hydrogens (tertiary/aromatic N) is 1. The van der Waals surface area contributed by atoms with E-state index in [0.717, 1.165) is 16.7 Å². The highest BCUT2D eigenvalue weighted by Crippen LogP contribution is 2.47. The summed E-state index contributed by atoms with van der Waals surface area (Å²) >= 11 is 0. The van der Waals surface area contributed by atoms with Gasteiger partial charge in [0.2, 0.25) is 0 Å². The first kappa shape index (κ1) is 18.5. The Morgan fingerprint density at radius 1 is 1.04 bits per heavy atom. The maximum Gasteiger partial charge on any atom is 0.0669 e. The van der Waals surface area contributed by atoms with Crippen molar-refractivity contribution in [3.8, 4) is 6.07 Å². The van der Waals surface area contributed by atoms with Gasteiger partial charge in [0.05, 0.1) is 12.5 Å². The van der Waals surface area contributed by atoms with E-state index in [1.165, 1.54) is 35.1 Å². The van der Waals surface area contributed by atoms with Crippen LogP contribution in [-0.2, 0) is 17.3 Å². The zero-order chi connectivity index (χ0) is 19.1. The third-order valence-corrected chi connectivity index (χ3v) is 6.08. The molecule has 0 saturated carbocycles. The molecule has 0 amide bonds. The molecule has 2 aromatic carbocycles. The van der Waals surface area contributed by atoms with E-state index in [1.54, 1.807) is 0 Å². The van der Waals surface area contributed by atoms with E-state index in [1.807, 2.05) is 12.1 Å². The summed E-state index contributed by atoms with van der Waals surface area (Å²) in [5, 5.41) is 8.98. The van der Waals surface area contributed by atoms with Crippen molar-refractivity contribution in [2.24, 2.45) is 0 Å². The van der Waals surface area contributed by atoms with Crippen LogP contribution < -0.4 is 0 Å². The van der Waals surface area contributed by atoms with Gasteiger partial charge in [0.1, 0.15) is 0 Å². The first-order valence-corrected chi connectivity index (χ1v) is 9.47. The molecular weight excluding hydrogens is 314 g/mol. The minimum atomic E-state index is 0.191. The molecule has 0 aliphatic heterocycles. The standard InChI is InChI=1S/C25H29N/c1-17-14-22-23(25(5,6)12-11-24(22,3)4)16-21(17)18(2)20-9-7-8-19(15-20)10-13-26/h7-9,14-16H,2,10-12H2,1,3-6H3. The Labute approximate surface area is 158 Å². The molecule has 1 heteroatoms. The van der Waals surface area contributed by atoms with E-state index in [9.17, 15) is 0 Å². The fourth-order valence-electron chi connectivity index (χ4n) is 4.16. The van der Waals surface area contributed by atoms with Gasteiger partial charge in [0.15, 0.2) is 0 Å². The zero-order valence-electron chi connectivity index (χ0n) is 16.7. The average Bonchev–Trinajstić information content (AvgIpc) is 2.59. The van der Waals surface area contributed by atoms with Crippen molar-refractivity contribution in [2.45, 2.75) is 64.7 Å². The maximum atomic E-state index is 8.98. The molecule has 0 spiro atoms. The third-order valence-electron chi connectivity index (χ3n) is 6.08. The number of hydrogen-bond donors (Lipinski definition) is 0. The van der Waals surface area contributed by atoms with Crippen LogP contribution in [0.2, 0.25) is 0 Å². The van der Waals surface area contributed by atoms with Crippen LogP contribution in [0.3, 0.4) is 0 Å². The molecule has 0 heterocycles. The molecule has 0 bridgehead atoms. The Kier molecular flexibility index (Phi) is 4.57. The van der Waals surface area contributed by atoms with E-state index in [2.05, 4.69) is 71.5 Å². The topological polar surface area (TPSA) is 23.8 Å². The molecule has 1 aliphatic carbocycles. The van der Waals surface area contributed by atoms with E-state index in [0.29, 0.717) is 6.42 Å². The van der Waals surface area contributed by atoms with E-state index in [4.69, 9.17) is 5.26 Å². The first-order chi connectivity index (χ1) is 12.2. The van der Waals surface area contributed by atoms with Gasteiger partial charge in [0.25, 0.3) is 0 Å². The number of aryl methyl sites for hydroxylation is 1.